The summed E-state index contributed by atoms with van der Waals surface area (Å²) in [6, 6.07) is 0. The lowest BCUT2D eigenvalue weighted by Gasteiger charge is -2.01. The van der Waals surface area contributed by atoms with Gasteiger partial charge in [-0.1, -0.05) is 13.8 Å². The summed E-state index contributed by atoms with van der Waals surface area (Å²) in [5, 5.41) is 0. The van der Waals surface area contributed by atoms with Crippen LogP contribution in [-0.2, 0) is 0 Å². The van der Waals surface area contributed by atoms with Crippen LogP contribution in [-0.4, -0.2) is 9.97 Å². The average Bonchev–Trinajstić information content (AvgIpc) is 2.07. The highest BCUT2D eigenvalue weighted by molar-refractivity contribution is 5.60. The van der Waals surface area contributed by atoms with E-state index in [1.807, 2.05) is 13.8 Å². The highest BCUT2D eigenvalue weighted by Gasteiger charge is 2.03. The fraction of sp³-hybridized carbons (Fsp3) is 0.333. The van der Waals surface area contributed by atoms with Crippen LogP contribution in [0.4, 0.5) is 17.5 Å². The molecule has 0 atom stereocenters. The monoisotopic (exact) mass is 186 g/mol. The molecule has 1 rings (SSSR count). The summed E-state index contributed by atoms with van der Waals surface area (Å²) in [5.74, 6) is 4.92. The van der Waals surface area contributed by atoms with E-state index in [9.17, 15) is 4.79 Å². The van der Waals surface area contributed by atoms with E-state index >= 15 is 0 Å². The first kappa shape index (κ1) is 11.2. The quantitative estimate of drug-likeness (QED) is 0.289. The van der Waals surface area contributed by atoms with Crippen LogP contribution in [0, 0.1) is 0 Å². The van der Waals surface area contributed by atoms with Gasteiger partial charge in [-0.05, 0) is 0 Å². The van der Waals surface area contributed by atoms with Gasteiger partial charge >= 0.3 is 0 Å². The Labute approximate surface area is 75.3 Å². The SMILES string of the molecule is CC.NNc1c(N)nc(N)[nH]c1=O. The van der Waals surface area contributed by atoms with Gasteiger partial charge in [-0.25, -0.2) is 0 Å². The Hall–Kier alpha value is -1.76. The molecule has 0 radical (unpaired) electrons. The molecule has 0 aromatic carbocycles. The lowest BCUT2D eigenvalue weighted by Crippen LogP contribution is -2.22. The summed E-state index contributed by atoms with van der Waals surface area (Å²) in [4.78, 5) is 16.7. The lowest BCUT2D eigenvalue weighted by atomic mass is 10.5. The number of hydrazine groups is 1. The van der Waals surface area contributed by atoms with Crippen molar-refractivity contribution in [3.05, 3.63) is 10.4 Å². The van der Waals surface area contributed by atoms with Crippen molar-refractivity contribution in [1.29, 1.82) is 0 Å². The summed E-state index contributed by atoms with van der Waals surface area (Å²) in [7, 11) is 0. The zero-order chi connectivity index (χ0) is 10.4. The van der Waals surface area contributed by atoms with Crippen molar-refractivity contribution in [2.75, 3.05) is 16.9 Å². The molecule has 13 heavy (non-hydrogen) atoms. The molecule has 0 bridgehead atoms. The second kappa shape index (κ2) is 4.99. The van der Waals surface area contributed by atoms with E-state index < -0.39 is 5.56 Å². The van der Waals surface area contributed by atoms with Gasteiger partial charge in [0.2, 0.25) is 5.95 Å². The summed E-state index contributed by atoms with van der Waals surface area (Å²) in [5.41, 5.74) is 12.1. The smallest absolute Gasteiger partial charge is 0.279 e. The van der Waals surface area contributed by atoms with Gasteiger partial charge in [0.25, 0.3) is 5.56 Å². The van der Waals surface area contributed by atoms with E-state index in [0.29, 0.717) is 0 Å². The number of anilines is 3. The van der Waals surface area contributed by atoms with E-state index in [0.717, 1.165) is 0 Å². The first-order chi connectivity index (χ1) is 6.15. The van der Waals surface area contributed by atoms with Crippen LogP contribution in [0.1, 0.15) is 13.8 Å². The fourth-order valence-corrected chi connectivity index (χ4v) is 0.648. The minimum atomic E-state index is -0.488. The molecule has 1 aromatic heterocycles. The Balaban J connectivity index is 0.000000671. The van der Waals surface area contributed by atoms with Crippen LogP contribution in [0.25, 0.3) is 0 Å². The third-order valence-corrected chi connectivity index (χ3v) is 1.11. The van der Waals surface area contributed by atoms with Gasteiger partial charge in [0.05, 0.1) is 0 Å². The molecule has 0 aliphatic heterocycles. The normalized spacial score (nSPS) is 8.54. The molecule has 0 spiro atoms. The van der Waals surface area contributed by atoms with E-state index in [1.54, 1.807) is 0 Å². The van der Waals surface area contributed by atoms with Crippen LogP contribution >= 0.6 is 0 Å². The van der Waals surface area contributed by atoms with Crippen molar-refractivity contribution < 1.29 is 0 Å². The number of nitrogens with zero attached hydrogens (tertiary/aromatic N) is 1. The molecule has 1 heterocycles. The van der Waals surface area contributed by atoms with Crippen molar-refractivity contribution in [2.24, 2.45) is 5.84 Å². The molecule has 0 unspecified atom stereocenters. The maximum Gasteiger partial charge on any atom is 0.279 e. The van der Waals surface area contributed by atoms with E-state index in [1.165, 1.54) is 0 Å². The van der Waals surface area contributed by atoms with E-state index in [-0.39, 0.29) is 17.5 Å². The zero-order valence-corrected chi connectivity index (χ0v) is 7.59. The van der Waals surface area contributed by atoms with Gasteiger partial charge in [0.1, 0.15) is 0 Å². The number of H-pyrrole nitrogens is 1. The highest BCUT2D eigenvalue weighted by Crippen LogP contribution is 2.06. The van der Waals surface area contributed by atoms with Gasteiger partial charge < -0.3 is 16.9 Å². The van der Waals surface area contributed by atoms with Crippen molar-refractivity contribution in [2.45, 2.75) is 13.8 Å². The third kappa shape index (κ3) is 2.64. The van der Waals surface area contributed by atoms with Gasteiger partial charge in [0.15, 0.2) is 11.5 Å². The van der Waals surface area contributed by atoms with E-state index in [4.69, 9.17) is 17.3 Å². The van der Waals surface area contributed by atoms with Crippen molar-refractivity contribution in [3.8, 4) is 0 Å². The number of aromatic amines is 1. The molecular weight excluding hydrogens is 172 g/mol. The Bertz CT molecular complexity index is 319. The number of rotatable bonds is 1. The van der Waals surface area contributed by atoms with Crippen molar-refractivity contribution in [1.82, 2.24) is 9.97 Å². The number of nitrogen functional groups attached to an aromatic ring is 3. The number of hydrogen-bond donors (Lipinski definition) is 5. The lowest BCUT2D eigenvalue weighted by molar-refractivity contribution is 1.13. The van der Waals surface area contributed by atoms with Crippen LogP contribution in [0.3, 0.4) is 0 Å². The molecule has 0 saturated heterocycles. The van der Waals surface area contributed by atoms with Crippen LogP contribution in [0.2, 0.25) is 0 Å². The summed E-state index contributed by atoms with van der Waals surface area (Å²) in [6.45, 7) is 4.00. The molecule has 0 aliphatic rings. The third-order valence-electron chi connectivity index (χ3n) is 1.11. The molecule has 0 aliphatic carbocycles. The van der Waals surface area contributed by atoms with Crippen LogP contribution < -0.4 is 28.3 Å². The summed E-state index contributed by atoms with van der Waals surface area (Å²) >= 11 is 0. The molecule has 1 aromatic rings. The van der Waals surface area contributed by atoms with Crippen LogP contribution in [0.5, 0.6) is 0 Å². The Morgan fingerprint density at radius 3 is 2.31 bits per heavy atom. The first-order valence-electron chi connectivity index (χ1n) is 3.77. The zero-order valence-electron chi connectivity index (χ0n) is 7.59. The Morgan fingerprint density at radius 1 is 1.38 bits per heavy atom. The molecule has 0 saturated carbocycles. The molecule has 7 heteroatoms. The van der Waals surface area contributed by atoms with Crippen molar-refractivity contribution >= 4 is 17.5 Å². The van der Waals surface area contributed by atoms with Crippen molar-refractivity contribution in [3.63, 3.8) is 0 Å². The second-order valence-electron chi connectivity index (χ2n) is 1.86. The number of nitrogens with two attached hydrogens (primary N) is 3. The van der Waals surface area contributed by atoms with E-state index in [2.05, 4.69) is 15.4 Å². The summed E-state index contributed by atoms with van der Waals surface area (Å²) in [6.07, 6.45) is 0. The molecule has 74 valence electrons. The second-order valence-corrected chi connectivity index (χ2v) is 1.86. The summed E-state index contributed by atoms with van der Waals surface area (Å²) < 4.78 is 0. The largest absolute Gasteiger partial charge is 0.382 e. The topological polar surface area (TPSA) is 136 Å². The molecule has 0 amide bonds. The maximum absolute atomic E-state index is 10.9. The van der Waals surface area contributed by atoms with Gasteiger partial charge in [-0.3, -0.25) is 15.6 Å². The predicted octanol–water partition coefficient (Wildman–Crippen LogP) is -0.754. The standard InChI is InChI=1S/C4H8N6O.C2H6/c5-2-1(10-7)3(11)9-4(6)8-2;1-2/h10H,7H2,(H5,5,6,8,9,11);1-2H3. The average molecular weight is 186 g/mol. The number of aromatic nitrogens is 2. The Kier molecular flexibility index (Phi) is 4.31. The molecule has 8 N–H and O–H groups in total. The molecule has 0 fully saturated rings. The predicted molar refractivity (Wildman–Crippen MR) is 52.8 cm³/mol. The minimum absolute atomic E-state index is 0.0131. The van der Waals surface area contributed by atoms with Gasteiger partial charge in [-0.2, -0.15) is 4.98 Å². The van der Waals surface area contributed by atoms with Gasteiger partial charge in [0, 0.05) is 0 Å². The molecule has 7 nitrogen and oxygen atoms in total. The minimum Gasteiger partial charge on any atom is -0.382 e. The van der Waals surface area contributed by atoms with Crippen LogP contribution in [0.15, 0.2) is 4.79 Å². The first-order valence-corrected chi connectivity index (χ1v) is 3.77. The van der Waals surface area contributed by atoms with Gasteiger partial charge in [-0.15, -0.1) is 0 Å². The number of hydrogen-bond acceptors (Lipinski definition) is 6. The molecular formula is C6H14N6O. The number of nitrogens with one attached hydrogen (secondary N) is 2. The maximum atomic E-state index is 10.9. The fourth-order valence-electron chi connectivity index (χ4n) is 0.648. The highest BCUT2D eigenvalue weighted by atomic mass is 16.1. The Morgan fingerprint density at radius 2 is 1.92 bits per heavy atom.